The number of aromatic nitrogens is 1. The third kappa shape index (κ3) is 4.40. The van der Waals surface area contributed by atoms with Crippen LogP contribution in [-0.4, -0.2) is 48.7 Å². The molecule has 0 aliphatic heterocycles. The van der Waals surface area contributed by atoms with Crippen molar-refractivity contribution in [2.24, 2.45) is 5.73 Å². The van der Waals surface area contributed by atoms with Gasteiger partial charge in [0.2, 0.25) is 10.0 Å². The highest BCUT2D eigenvalue weighted by Gasteiger charge is 2.36. The van der Waals surface area contributed by atoms with Gasteiger partial charge in [-0.15, -0.1) is 0 Å². The zero-order valence-corrected chi connectivity index (χ0v) is 11.2. The van der Waals surface area contributed by atoms with Gasteiger partial charge in [0, 0.05) is 19.3 Å². The Labute approximate surface area is 114 Å². The molecule has 1 aromatic heterocycles. The Balaban J connectivity index is 3.08. The molecule has 0 unspecified atom stereocenters. The van der Waals surface area contributed by atoms with E-state index in [4.69, 9.17) is 10.8 Å². The molecule has 0 atom stereocenters. The Morgan fingerprint density at radius 2 is 2.00 bits per heavy atom. The third-order valence-corrected chi connectivity index (χ3v) is 4.18. The normalized spacial score (nSPS) is 12.9. The molecule has 0 aliphatic rings. The van der Waals surface area contributed by atoms with Crippen LogP contribution in [0.2, 0.25) is 0 Å². The van der Waals surface area contributed by atoms with E-state index in [1.165, 1.54) is 6.07 Å². The van der Waals surface area contributed by atoms with E-state index in [1.807, 2.05) is 0 Å². The van der Waals surface area contributed by atoms with Crippen LogP contribution in [0.25, 0.3) is 0 Å². The number of hydrogen-bond acceptors (Lipinski definition) is 5. The maximum absolute atomic E-state index is 12.4. The first-order chi connectivity index (χ1) is 9.20. The van der Waals surface area contributed by atoms with Crippen LogP contribution in [0.5, 0.6) is 0 Å². The van der Waals surface area contributed by atoms with Gasteiger partial charge < -0.3 is 10.8 Å². The number of halogens is 3. The zero-order chi connectivity index (χ0) is 15.4. The molecule has 0 amide bonds. The fourth-order valence-corrected chi connectivity index (χ4v) is 2.79. The summed E-state index contributed by atoms with van der Waals surface area (Å²) in [5, 5.41) is 8.72. The lowest BCUT2D eigenvalue weighted by Gasteiger charge is -2.22. The van der Waals surface area contributed by atoms with Crippen molar-refractivity contribution in [3.05, 3.63) is 24.0 Å². The summed E-state index contributed by atoms with van der Waals surface area (Å²) in [6.45, 7) is -2.96. The number of hydrogen-bond donors (Lipinski definition) is 2. The van der Waals surface area contributed by atoms with Gasteiger partial charge in [0.1, 0.15) is 11.4 Å². The number of pyridine rings is 1. The maximum atomic E-state index is 12.4. The lowest BCUT2D eigenvalue weighted by Crippen LogP contribution is -2.40. The minimum atomic E-state index is -4.70. The predicted molar refractivity (Wildman–Crippen MR) is 64.0 cm³/mol. The fourth-order valence-electron chi connectivity index (χ4n) is 1.43. The molecule has 0 spiro atoms. The van der Waals surface area contributed by atoms with Gasteiger partial charge in [-0.2, -0.15) is 17.5 Å². The van der Waals surface area contributed by atoms with Crippen LogP contribution in [0, 0.1) is 0 Å². The number of aliphatic hydroxyl groups is 1. The first-order valence-corrected chi connectivity index (χ1v) is 6.97. The van der Waals surface area contributed by atoms with E-state index in [9.17, 15) is 21.6 Å². The Morgan fingerprint density at radius 3 is 2.40 bits per heavy atom. The summed E-state index contributed by atoms with van der Waals surface area (Å²) in [6, 6.07) is 2.45. The van der Waals surface area contributed by atoms with E-state index in [-0.39, 0.29) is 15.7 Å². The minimum absolute atomic E-state index is 0.0865. The van der Waals surface area contributed by atoms with Crippen LogP contribution in [0.15, 0.2) is 23.2 Å². The molecule has 1 aromatic rings. The third-order valence-electron chi connectivity index (χ3n) is 2.35. The second-order valence-corrected chi connectivity index (χ2v) is 5.80. The van der Waals surface area contributed by atoms with E-state index in [2.05, 4.69) is 4.98 Å². The van der Waals surface area contributed by atoms with Crippen LogP contribution >= 0.6 is 0 Å². The van der Waals surface area contributed by atoms with Crippen molar-refractivity contribution < 1.29 is 26.7 Å². The van der Waals surface area contributed by atoms with Crippen molar-refractivity contribution >= 4 is 10.0 Å². The Morgan fingerprint density at radius 1 is 1.35 bits per heavy atom. The van der Waals surface area contributed by atoms with E-state index >= 15 is 0 Å². The molecule has 0 saturated heterocycles. The van der Waals surface area contributed by atoms with Gasteiger partial charge in [-0.3, -0.25) is 4.98 Å². The molecule has 1 heterocycles. The summed E-state index contributed by atoms with van der Waals surface area (Å²) in [5.74, 6) is 0. The molecule has 0 saturated carbocycles. The van der Waals surface area contributed by atoms with Gasteiger partial charge in [-0.25, -0.2) is 8.42 Å². The van der Waals surface area contributed by atoms with E-state index < -0.39 is 35.9 Å². The van der Waals surface area contributed by atoms with Gasteiger partial charge in [0.05, 0.1) is 12.3 Å². The Kier molecular flexibility index (Phi) is 5.45. The SMILES string of the molecule is NCc1ccc(S(=O)(=O)N(CCO)CC(F)(F)F)cn1. The van der Waals surface area contributed by atoms with Gasteiger partial charge in [0.25, 0.3) is 0 Å². The van der Waals surface area contributed by atoms with Crippen LogP contribution in [-0.2, 0) is 16.6 Å². The quantitative estimate of drug-likeness (QED) is 0.775. The van der Waals surface area contributed by atoms with Crippen molar-refractivity contribution in [1.29, 1.82) is 0 Å². The minimum Gasteiger partial charge on any atom is -0.395 e. The standard InChI is InChI=1S/C10H14F3N3O3S/c11-10(12,13)7-16(3-4-17)20(18,19)9-2-1-8(5-14)15-6-9/h1-2,6,17H,3-5,7,14H2. The number of aliphatic hydroxyl groups excluding tert-OH is 1. The molecular weight excluding hydrogens is 299 g/mol. The molecule has 10 heteroatoms. The highest BCUT2D eigenvalue weighted by Crippen LogP contribution is 2.22. The van der Waals surface area contributed by atoms with E-state index in [0.29, 0.717) is 5.69 Å². The lowest BCUT2D eigenvalue weighted by atomic mass is 10.4. The monoisotopic (exact) mass is 313 g/mol. The molecule has 1 rings (SSSR count). The van der Waals surface area contributed by atoms with Crippen molar-refractivity contribution in [3.8, 4) is 0 Å². The predicted octanol–water partition coefficient (Wildman–Crippen LogP) is 0.0856. The van der Waals surface area contributed by atoms with Crippen LogP contribution in [0.4, 0.5) is 13.2 Å². The summed E-state index contributed by atoms with van der Waals surface area (Å²) >= 11 is 0. The molecule has 6 nitrogen and oxygen atoms in total. The van der Waals surface area contributed by atoms with Gasteiger partial charge in [-0.05, 0) is 12.1 Å². The van der Waals surface area contributed by atoms with E-state index in [1.54, 1.807) is 0 Å². The smallest absolute Gasteiger partial charge is 0.395 e. The van der Waals surface area contributed by atoms with Crippen molar-refractivity contribution in [3.63, 3.8) is 0 Å². The summed E-state index contributed by atoms with van der Waals surface area (Å²) < 4.78 is 61.4. The highest BCUT2D eigenvalue weighted by atomic mass is 32.2. The molecule has 0 bridgehead atoms. The second-order valence-electron chi connectivity index (χ2n) is 3.87. The van der Waals surface area contributed by atoms with Crippen LogP contribution in [0.3, 0.4) is 0 Å². The number of alkyl halides is 3. The number of rotatable bonds is 6. The molecule has 0 radical (unpaired) electrons. The molecule has 114 valence electrons. The number of sulfonamides is 1. The van der Waals surface area contributed by atoms with Gasteiger partial charge in [0.15, 0.2) is 0 Å². The molecule has 3 N–H and O–H groups in total. The van der Waals surface area contributed by atoms with Gasteiger partial charge >= 0.3 is 6.18 Å². The summed E-state index contributed by atoms with van der Waals surface area (Å²) in [4.78, 5) is 3.35. The summed E-state index contributed by atoms with van der Waals surface area (Å²) in [6.07, 6.45) is -3.76. The highest BCUT2D eigenvalue weighted by molar-refractivity contribution is 7.89. The zero-order valence-electron chi connectivity index (χ0n) is 10.3. The second kappa shape index (κ2) is 6.48. The first-order valence-electron chi connectivity index (χ1n) is 5.53. The van der Waals surface area contributed by atoms with Gasteiger partial charge in [-0.1, -0.05) is 0 Å². The summed E-state index contributed by atoms with van der Waals surface area (Å²) in [5.41, 5.74) is 5.71. The number of nitrogens with two attached hydrogens (primary N) is 1. The maximum Gasteiger partial charge on any atom is 0.402 e. The molecule has 0 aromatic carbocycles. The average molecular weight is 313 g/mol. The topological polar surface area (TPSA) is 96.5 Å². The fraction of sp³-hybridized carbons (Fsp3) is 0.500. The van der Waals surface area contributed by atoms with Crippen LogP contribution in [0.1, 0.15) is 5.69 Å². The van der Waals surface area contributed by atoms with E-state index in [0.717, 1.165) is 12.3 Å². The average Bonchev–Trinajstić information content (AvgIpc) is 2.37. The largest absolute Gasteiger partial charge is 0.402 e. The van der Waals surface area contributed by atoms with Crippen molar-refractivity contribution in [1.82, 2.24) is 9.29 Å². The Bertz CT molecular complexity index is 531. The molecule has 20 heavy (non-hydrogen) atoms. The summed E-state index contributed by atoms with van der Waals surface area (Å²) in [7, 11) is -4.37. The molecule has 0 aliphatic carbocycles. The molecular formula is C10H14F3N3O3S. The molecule has 0 fully saturated rings. The number of nitrogens with zero attached hydrogens (tertiary/aromatic N) is 2. The first kappa shape index (κ1) is 16.8. The van der Waals surface area contributed by atoms with Crippen LogP contribution < -0.4 is 5.73 Å². The lowest BCUT2D eigenvalue weighted by molar-refractivity contribution is -0.136. The Hall–Kier alpha value is -1.23. The van der Waals surface area contributed by atoms with Crippen molar-refractivity contribution in [2.75, 3.05) is 19.7 Å². The van der Waals surface area contributed by atoms with Crippen molar-refractivity contribution in [2.45, 2.75) is 17.6 Å².